The predicted molar refractivity (Wildman–Crippen MR) is 152 cm³/mol. The van der Waals surface area contributed by atoms with Gasteiger partial charge in [0.2, 0.25) is 5.91 Å². The molecule has 5 atom stereocenters. The number of ether oxygens (including phenoxy) is 2. The standard InChI is InChI=1S/C30H44N2O9/c1-2-31-29(35)15-9-4-3-8-14-25-26(28(34)22-27(25)33)19-18-24(17-16-23-12-6-5-7-13-23)41-30(36)39-20-10-11-21-40-32(37)38/h3,5-8,12-13,18-19,24-28,33-34H,2,4,9-11,14-17,20-22H2,1H3,(H,31,35)/b8-3-,19-18+/t24-,25+,26+,27-,28+/m0/s1. The van der Waals surface area contributed by atoms with Crippen LogP contribution in [0.25, 0.3) is 0 Å². The molecule has 1 aromatic carbocycles. The van der Waals surface area contributed by atoms with Crippen molar-refractivity contribution in [2.24, 2.45) is 11.8 Å². The van der Waals surface area contributed by atoms with Crippen molar-refractivity contribution in [1.29, 1.82) is 0 Å². The Balaban J connectivity index is 1.93. The van der Waals surface area contributed by atoms with Crippen LogP contribution in [-0.4, -0.2) is 65.4 Å². The number of amides is 1. The number of carbonyl (C=O) groups is 2. The van der Waals surface area contributed by atoms with Crippen LogP contribution in [0.1, 0.15) is 63.9 Å². The van der Waals surface area contributed by atoms with Gasteiger partial charge in [-0.3, -0.25) is 4.79 Å². The highest BCUT2D eigenvalue weighted by Crippen LogP contribution is 2.36. The van der Waals surface area contributed by atoms with E-state index in [0.29, 0.717) is 45.1 Å². The van der Waals surface area contributed by atoms with E-state index in [0.717, 1.165) is 18.4 Å². The summed E-state index contributed by atoms with van der Waals surface area (Å²) in [5.41, 5.74) is 1.08. The molecule has 1 aliphatic rings. The third-order valence-electron chi connectivity index (χ3n) is 6.95. The van der Waals surface area contributed by atoms with Crippen molar-refractivity contribution >= 4 is 12.1 Å². The van der Waals surface area contributed by atoms with Gasteiger partial charge in [-0.2, -0.15) is 0 Å². The third kappa shape index (κ3) is 14.1. The molecule has 0 unspecified atom stereocenters. The summed E-state index contributed by atoms with van der Waals surface area (Å²) in [5, 5.41) is 33.3. The van der Waals surface area contributed by atoms with Gasteiger partial charge in [-0.25, -0.2) is 4.79 Å². The average Bonchev–Trinajstić information content (AvgIpc) is 3.21. The Labute approximate surface area is 241 Å². The Hall–Kier alpha value is -3.44. The highest BCUT2D eigenvalue weighted by atomic mass is 16.9. The highest BCUT2D eigenvalue weighted by molar-refractivity contribution is 5.75. The van der Waals surface area contributed by atoms with Gasteiger partial charge in [0.1, 0.15) is 6.10 Å². The average molecular weight is 577 g/mol. The SMILES string of the molecule is CCNC(=O)CCC/C=C\C[C@@H]1[C@@H](/C=C/[C@H](CCc2ccccc2)OC(=O)OCCCCO[N+](=O)[O-])[C@H](O)C[C@@H]1O. The molecule has 0 aromatic heterocycles. The van der Waals surface area contributed by atoms with Gasteiger partial charge in [0.25, 0.3) is 5.09 Å². The molecular formula is C30H44N2O9. The number of aliphatic hydroxyl groups is 2. The molecule has 0 radical (unpaired) electrons. The fourth-order valence-electron chi connectivity index (χ4n) is 4.80. The molecule has 3 N–H and O–H groups in total. The molecule has 1 fully saturated rings. The molecule has 1 amide bonds. The second kappa shape index (κ2) is 19.6. The topological polar surface area (TPSA) is 157 Å². The number of benzene rings is 1. The number of hydrogen-bond donors (Lipinski definition) is 3. The van der Waals surface area contributed by atoms with E-state index in [-0.39, 0.29) is 37.4 Å². The van der Waals surface area contributed by atoms with Crippen LogP contribution in [0.2, 0.25) is 0 Å². The minimum atomic E-state index is -0.864. The maximum Gasteiger partial charge on any atom is 0.508 e. The predicted octanol–water partition coefficient (Wildman–Crippen LogP) is 4.30. The first-order valence-electron chi connectivity index (χ1n) is 14.4. The molecule has 11 heteroatoms. The van der Waals surface area contributed by atoms with E-state index in [4.69, 9.17) is 9.47 Å². The summed E-state index contributed by atoms with van der Waals surface area (Å²) >= 11 is 0. The summed E-state index contributed by atoms with van der Waals surface area (Å²) in [5.74, 6) is -0.468. The van der Waals surface area contributed by atoms with Crippen LogP contribution in [0, 0.1) is 22.0 Å². The fourth-order valence-corrected chi connectivity index (χ4v) is 4.80. The fraction of sp³-hybridized carbons (Fsp3) is 0.600. The molecule has 0 heterocycles. The van der Waals surface area contributed by atoms with Gasteiger partial charge in [-0.15, -0.1) is 10.1 Å². The van der Waals surface area contributed by atoms with Crippen molar-refractivity contribution in [2.45, 2.75) is 83.0 Å². The largest absolute Gasteiger partial charge is 0.508 e. The summed E-state index contributed by atoms with van der Waals surface area (Å²) in [6.45, 7) is 2.47. The van der Waals surface area contributed by atoms with Crippen molar-refractivity contribution in [3.63, 3.8) is 0 Å². The summed E-state index contributed by atoms with van der Waals surface area (Å²) in [6, 6.07) is 9.78. The molecule has 0 aliphatic heterocycles. The van der Waals surface area contributed by atoms with E-state index in [2.05, 4.69) is 10.2 Å². The Morgan fingerprint density at radius 3 is 2.61 bits per heavy atom. The van der Waals surface area contributed by atoms with Crippen molar-refractivity contribution in [1.82, 2.24) is 5.32 Å². The molecule has 0 saturated heterocycles. The summed E-state index contributed by atoms with van der Waals surface area (Å²) in [4.78, 5) is 38.3. The van der Waals surface area contributed by atoms with Crippen molar-refractivity contribution < 1.29 is 39.2 Å². The van der Waals surface area contributed by atoms with Gasteiger partial charge in [0.15, 0.2) is 0 Å². The number of nitrogens with one attached hydrogen (secondary N) is 1. The lowest BCUT2D eigenvalue weighted by Crippen LogP contribution is -2.22. The third-order valence-corrected chi connectivity index (χ3v) is 6.95. The van der Waals surface area contributed by atoms with Gasteiger partial charge in [-0.05, 0) is 69.4 Å². The molecule has 0 bridgehead atoms. The molecule has 11 nitrogen and oxygen atoms in total. The molecule has 228 valence electrons. The molecule has 1 aliphatic carbocycles. The summed E-state index contributed by atoms with van der Waals surface area (Å²) in [7, 11) is 0. The Kier molecular flexibility index (Phi) is 16.1. The highest BCUT2D eigenvalue weighted by Gasteiger charge is 2.39. The van der Waals surface area contributed by atoms with Crippen molar-refractivity contribution in [3.8, 4) is 0 Å². The second-order valence-electron chi connectivity index (χ2n) is 10.1. The van der Waals surface area contributed by atoms with Gasteiger partial charge in [0.05, 0.1) is 25.4 Å². The Bertz CT molecular complexity index is 970. The van der Waals surface area contributed by atoms with Crippen LogP contribution >= 0.6 is 0 Å². The zero-order valence-corrected chi connectivity index (χ0v) is 23.8. The van der Waals surface area contributed by atoms with E-state index in [1.165, 1.54) is 0 Å². The van der Waals surface area contributed by atoms with Crippen LogP contribution in [-0.2, 0) is 25.5 Å². The summed E-state index contributed by atoms with van der Waals surface area (Å²) < 4.78 is 10.7. The normalized spacial score (nSPS) is 21.1. The lowest BCUT2D eigenvalue weighted by Gasteiger charge is -2.20. The lowest BCUT2D eigenvalue weighted by molar-refractivity contribution is -0.757. The van der Waals surface area contributed by atoms with E-state index in [1.54, 1.807) is 6.08 Å². The summed E-state index contributed by atoms with van der Waals surface area (Å²) in [6.07, 6.45) is 9.43. The van der Waals surface area contributed by atoms with Crippen molar-refractivity contribution in [3.05, 3.63) is 70.3 Å². The van der Waals surface area contributed by atoms with E-state index in [9.17, 15) is 29.9 Å². The van der Waals surface area contributed by atoms with Crippen LogP contribution in [0.4, 0.5) is 4.79 Å². The maximum atomic E-state index is 12.3. The van der Waals surface area contributed by atoms with Gasteiger partial charge >= 0.3 is 6.16 Å². The van der Waals surface area contributed by atoms with Crippen LogP contribution in [0.5, 0.6) is 0 Å². The number of unbranched alkanes of at least 4 members (excludes halogenated alkanes) is 2. The number of hydrogen-bond acceptors (Lipinski definition) is 9. The van der Waals surface area contributed by atoms with E-state index >= 15 is 0 Å². The number of rotatable bonds is 19. The van der Waals surface area contributed by atoms with Gasteiger partial charge in [0, 0.05) is 25.3 Å². The van der Waals surface area contributed by atoms with Gasteiger partial charge in [-0.1, -0.05) is 48.6 Å². The lowest BCUT2D eigenvalue weighted by atomic mass is 9.89. The molecular weight excluding hydrogens is 532 g/mol. The van der Waals surface area contributed by atoms with Crippen molar-refractivity contribution in [2.75, 3.05) is 19.8 Å². The minimum absolute atomic E-state index is 0.0376. The Morgan fingerprint density at radius 1 is 1.12 bits per heavy atom. The van der Waals surface area contributed by atoms with E-state index in [1.807, 2.05) is 55.5 Å². The van der Waals surface area contributed by atoms with E-state index < -0.39 is 29.6 Å². The first-order chi connectivity index (χ1) is 19.8. The zero-order valence-electron chi connectivity index (χ0n) is 23.8. The van der Waals surface area contributed by atoms with Crippen LogP contribution < -0.4 is 5.32 Å². The number of allylic oxidation sites excluding steroid dienone is 2. The maximum absolute atomic E-state index is 12.3. The van der Waals surface area contributed by atoms with Crippen LogP contribution in [0.15, 0.2) is 54.6 Å². The Morgan fingerprint density at radius 2 is 1.88 bits per heavy atom. The van der Waals surface area contributed by atoms with Gasteiger partial charge < -0.3 is 29.8 Å². The quantitative estimate of drug-likeness (QED) is 0.0718. The first-order valence-corrected chi connectivity index (χ1v) is 14.4. The number of aliphatic hydroxyl groups excluding tert-OH is 2. The minimum Gasteiger partial charge on any atom is -0.434 e. The first kappa shape index (κ1) is 33.8. The monoisotopic (exact) mass is 576 g/mol. The molecule has 1 aromatic rings. The molecule has 41 heavy (non-hydrogen) atoms. The molecule has 1 saturated carbocycles. The second-order valence-corrected chi connectivity index (χ2v) is 10.1. The number of carbonyl (C=O) groups excluding carboxylic acids is 2. The van der Waals surface area contributed by atoms with Crippen LogP contribution in [0.3, 0.4) is 0 Å². The molecule has 0 spiro atoms. The number of nitrogens with zero attached hydrogens (tertiary/aromatic N) is 1. The smallest absolute Gasteiger partial charge is 0.434 e. The molecule has 2 rings (SSSR count). The number of aryl methyl sites for hydroxylation is 1. The zero-order chi connectivity index (χ0) is 29.9.